The summed E-state index contributed by atoms with van der Waals surface area (Å²) >= 11 is 3.64. The van der Waals surface area contributed by atoms with Crippen LogP contribution in [0.3, 0.4) is 0 Å². The Labute approximate surface area is 239 Å². The number of carbonyl (C=O) groups excluding carboxylic acids is 4. The monoisotopic (exact) mass is 611 g/mol. The van der Waals surface area contributed by atoms with Gasteiger partial charge in [-0.3, -0.25) is 19.2 Å². The molecule has 1 spiro atoms. The predicted molar refractivity (Wildman–Crippen MR) is 149 cm³/mol. The Bertz CT molecular complexity index is 998. The highest BCUT2D eigenvalue weighted by Gasteiger charge is 2.77. The Balaban J connectivity index is 1.92. The molecule has 3 rings (SSSR count). The van der Waals surface area contributed by atoms with Crippen LogP contribution in [0.4, 0.5) is 0 Å². The molecule has 0 saturated carbocycles. The summed E-state index contributed by atoms with van der Waals surface area (Å²) in [6.45, 7) is 16.5. The lowest BCUT2D eigenvalue weighted by atomic mass is 9.70. The minimum Gasteiger partial charge on any atom is -0.460 e. The molecule has 0 aromatic heterocycles. The molecule has 3 saturated heterocycles. The van der Waals surface area contributed by atoms with Gasteiger partial charge in [-0.05, 0) is 47.5 Å². The van der Waals surface area contributed by atoms with Crippen molar-refractivity contribution >= 4 is 39.6 Å². The SMILES string of the molecule is C=CCCC(=O)NC[C@@H](C)OC(=O)[C@H]1[C@@H]2O[C@@]3(CC2Br)[C@@H]1C(=O)N([C@H](C)CO)[C@@H]3C(=O)N(CC=C)C(C)(C)C. The third kappa shape index (κ3) is 5.81. The van der Waals surface area contributed by atoms with Crippen molar-refractivity contribution in [3.8, 4) is 0 Å². The normalized spacial score (nSPS) is 30.9. The third-order valence-electron chi connectivity index (χ3n) is 7.84. The second kappa shape index (κ2) is 12.1. The molecule has 3 aliphatic rings. The number of halogens is 1. The topological polar surface area (TPSA) is 125 Å². The van der Waals surface area contributed by atoms with Gasteiger partial charge in [0.1, 0.15) is 17.7 Å². The van der Waals surface area contributed by atoms with Gasteiger partial charge in [0.2, 0.25) is 17.7 Å². The Kier molecular flexibility index (Phi) is 9.71. The van der Waals surface area contributed by atoms with Crippen molar-refractivity contribution in [1.82, 2.24) is 15.1 Å². The van der Waals surface area contributed by atoms with Crippen molar-refractivity contribution in [3.05, 3.63) is 25.3 Å². The summed E-state index contributed by atoms with van der Waals surface area (Å²) in [7, 11) is 0. The first-order chi connectivity index (χ1) is 18.2. The van der Waals surface area contributed by atoms with E-state index in [-0.39, 0.29) is 36.3 Å². The maximum Gasteiger partial charge on any atom is 0.312 e. The first-order valence-electron chi connectivity index (χ1n) is 13.5. The molecule has 1 unspecified atom stereocenters. The summed E-state index contributed by atoms with van der Waals surface area (Å²) in [6, 6.07) is -1.70. The van der Waals surface area contributed by atoms with Crippen molar-refractivity contribution in [2.24, 2.45) is 11.8 Å². The number of hydrogen-bond donors (Lipinski definition) is 2. The van der Waals surface area contributed by atoms with Crippen molar-refractivity contribution in [1.29, 1.82) is 0 Å². The van der Waals surface area contributed by atoms with Crippen LogP contribution in [0.15, 0.2) is 25.3 Å². The van der Waals surface area contributed by atoms with Crippen molar-refractivity contribution in [2.75, 3.05) is 19.7 Å². The zero-order valence-corrected chi connectivity index (χ0v) is 25.1. The Morgan fingerprint density at radius 2 is 1.97 bits per heavy atom. The lowest BCUT2D eigenvalue weighted by molar-refractivity contribution is -0.160. The van der Waals surface area contributed by atoms with E-state index in [0.29, 0.717) is 19.3 Å². The summed E-state index contributed by atoms with van der Waals surface area (Å²) in [6.07, 6.45) is 3.17. The van der Waals surface area contributed by atoms with Crippen LogP contribution in [0.5, 0.6) is 0 Å². The number of hydrogen-bond acceptors (Lipinski definition) is 7. The molecule has 0 radical (unpaired) electrons. The minimum atomic E-state index is -1.26. The number of aliphatic hydroxyl groups is 1. The van der Waals surface area contributed by atoms with Gasteiger partial charge in [0.15, 0.2) is 0 Å². The highest BCUT2D eigenvalue weighted by Crippen LogP contribution is 2.60. The quantitative estimate of drug-likeness (QED) is 0.196. The maximum atomic E-state index is 14.2. The second-order valence-corrected chi connectivity index (χ2v) is 12.9. The standard InChI is InChI=1S/C28H42BrN3O7/c1-8-10-11-19(34)30-14-17(4)38-26(37)20-21-24(35)32(16(3)15-33)23(28(21)13-18(29)22(20)39-28)25(36)31(12-9-2)27(5,6)7/h8-9,16-18,20-23,33H,1-2,10-15H2,3-7H3,(H,30,34)/t16-,17-,18?,20-,21+,22-,23-,28+/m1/s1. The van der Waals surface area contributed by atoms with Gasteiger partial charge in [-0.25, -0.2) is 0 Å². The van der Waals surface area contributed by atoms with Gasteiger partial charge < -0.3 is 29.7 Å². The highest BCUT2D eigenvalue weighted by molar-refractivity contribution is 9.09. The molecule has 3 heterocycles. The number of nitrogens with zero attached hydrogens (tertiary/aromatic N) is 2. The molecule has 0 aromatic rings. The number of fused-ring (bicyclic) bond motifs is 1. The largest absolute Gasteiger partial charge is 0.460 e. The fraction of sp³-hybridized carbons (Fsp3) is 0.714. The molecule has 3 amide bonds. The van der Waals surface area contributed by atoms with Crippen LogP contribution in [-0.2, 0) is 28.7 Å². The van der Waals surface area contributed by atoms with E-state index < -0.39 is 59.1 Å². The van der Waals surface area contributed by atoms with Gasteiger partial charge in [-0.1, -0.05) is 28.1 Å². The molecule has 218 valence electrons. The van der Waals surface area contributed by atoms with E-state index in [4.69, 9.17) is 9.47 Å². The number of aliphatic hydroxyl groups excluding tert-OH is 1. The Morgan fingerprint density at radius 1 is 1.31 bits per heavy atom. The molecule has 10 nitrogen and oxygen atoms in total. The van der Waals surface area contributed by atoms with Crippen LogP contribution in [-0.4, -0.2) is 98.6 Å². The number of alkyl halides is 1. The van der Waals surface area contributed by atoms with Gasteiger partial charge in [-0.2, -0.15) is 0 Å². The van der Waals surface area contributed by atoms with E-state index in [1.807, 2.05) is 20.8 Å². The number of rotatable bonds is 12. The Morgan fingerprint density at radius 3 is 2.54 bits per heavy atom. The van der Waals surface area contributed by atoms with E-state index in [1.54, 1.807) is 30.9 Å². The van der Waals surface area contributed by atoms with Crippen molar-refractivity contribution < 1.29 is 33.8 Å². The van der Waals surface area contributed by atoms with Gasteiger partial charge in [-0.15, -0.1) is 13.2 Å². The van der Waals surface area contributed by atoms with E-state index in [0.717, 1.165) is 0 Å². The minimum absolute atomic E-state index is 0.123. The summed E-state index contributed by atoms with van der Waals surface area (Å²) in [5.41, 5.74) is -1.83. The molecule has 0 aliphatic carbocycles. The summed E-state index contributed by atoms with van der Waals surface area (Å²) in [4.78, 5) is 56.5. The molecule has 39 heavy (non-hydrogen) atoms. The van der Waals surface area contributed by atoms with Gasteiger partial charge >= 0.3 is 5.97 Å². The van der Waals surface area contributed by atoms with Crippen LogP contribution in [0.2, 0.25) is 0 Å². The highest BCUT2D eigenvalue weighted by atomic mass is 79.9. The first-order valence-corrected chi connectivity index (χ1v) is 14.4. The zero-order valence-electron chi connectivity index (χ0n) is 23.5. The molecule has 8 atom stereocenters. The lowest BCUT2D eigenvalue weighted by Gasteiger charge is -2.43. The van der Waals surface area contributed by atoms with Crippen LogP contribution < -0.4 is 5.32 Å². The summed E-state index contributed by atoms with van der Waals surface area (Å²) in [5.74, 6) is -3.39. The van der Waals surface area contributed by atoms with E-state index in [9.17, 15) is 24.3 Å². The van der Waals surface area contributed by atoms with Crippen molar-refractivity contribution in [3.63, 3.8) is 0 Å². The third-order valence-corrected chi connectivity index (χ3v) is 8.68. The van der Waals surface area contributed by atoms with Crippen LogP contribution in [0.25, 0.3) is 0 Å². The predicted octanol–water partition coefficient (Wildman–Crippen LogP) is 1.94. The maximum absolute atomic E-state index is 14.2. The number of amides is 3. The van der Waals surface area contributed by atoms with Gasteiger partial charge in [0.05, 0.1) is 37.1 Å². The first kappa shape index (κ1) is 31.3. The number of ether oxygens (including phenoxy) is 2. The van der Waals surface area contributed by atoms with Crippen LogP contribution >= 0.6 is 15.9 Å². The van der Waals surface area contributed by atoms with Crippen LogP contribution in [0, 0.1) is 11.8 Å². The fourth-order valence-electron chi connectivity index (χ4n) is 6.05. The molecule has 3 fully saturated rings. The molecule has 2 N–H and O–H groups in total. The van der Waals surface area contributed by atoms with Crippen molar-refractivity contribution in [2.45, 2.75) is 94.1 Å². The number of esters is 1. The van der Waals surface area contributed by atoms with Crippen LogP contribution in [0.1, 0.15) is 53.9 Å². The van der Waals surface area contributed by atoms with Gasteiger partial charge in [0, 0.05) is 23.3 Å². The zero-order chi connectivity index (χ0) is 29.3. The smallest absolute Gasteiger partial charge is 0.312 e. The molecule has 2 bridgehead atoms. The number of likely N-dealkylation sites (tertiary alicyclic amines) is 1. The lowest BCUT2D eigenvalue weighted by Crippen LogP contribution is -2.61. The second-order valence-electron chi connectivity index (χ2n) is 11.7. The number of nitrogens with one attached hydrogen (secondary N) is 1. The Hall–Kier alpha value is -2.24. The molecule has 3 aliphatic heterocycles. The molecular formula is C28H42BrN3O7. The number of carbonyl (C=O) groups is 4. The summed E-state index contributed by atoms with van der Waals surface area (Å²) in [5, 5.41) is 12.8. The average molecular weight is 613 g/mol. The van der Waals surface area contributed by atoms with E-state index in [2.05, 4.69) is 34.4 Å². The average Bonchev–Trinajstić information content (AvgIpc) is 3.46. The fourth-order valence-corrected chi connectivity index (χ4v) is 6.99. The molecular weight excluding hydrogens is 570 g/mol. The van der Waals surface area contributed by atoms with Gasteiger partial charge in [0.25, 0.3) is 0 Å². The molecule has 11 heteroatoms. The van der Waals surface area contributed by atoms with E-state index >= 15 is 0 Å². The van der Waals surface area contributed by atoms with E-state index in [1.165, 1.54) is 4.90 Å². The molecule has 0 aromatic carbocycles. The summed E-state index contributed by atoms with van der Waals surface area (Å²) < 4.78 is 12.2. The number of allylic oxidation sites excluding steroid dienone is 1.